The summed E-state index contributed by atoms with van der Waals surface area (Å²) in [5.41, 5.74) is 1.90. The first-order chi connectivity index (χ1) is 8.70. The first kappa shape index (κ1) is 12.4. The van der Waals surface area contributed by atoms with Gasteiger partial charge < -0.3 is 9.88 Å². The quantitative estimate of drug-likeness (QED) is 0.868. The molecule has 0 aromatic carbocycles. The molecule has 2 heterocycles. The summed E-state index contributed by atoms with van der Waals surface area (Å²) in [6, 6.07) is 3.92. The van der Waals surface area contributed by atoms with E-state index in [0.717, 1.165) is 24.3 Å². The Balaban J connectivity index is 2.14. The van der Waals surface area contributed by atoms with E-state index in [1.807, 2.05) is 12.1 Å². The van der Waals surface area contributed by atoms with Crippen LogP contribution in [0.3, 0.4) is 0 Å². The first-order valence-corrected chi connectivity index (χ1v) is 6.11. The summed E-state index contributed by atoms with van der Waals surface area (Å²) < 4.78 is 3.20. The van der Waals surface area contributed by atoms with E-state index in [-0.39, 0.29) is 5.69 Å². The second-order valence-corrected chi connectivity index (χ2v) is 4.28. The van der Waals surface area contributed by atoms with Crippen LogP contribution in [-0.2, 0) is 13.6 Å². The number of nitrogens with one attached hydrogen (secondary N) is 1. The molecule has 0 aliphatic rings. The summed E-state index contributed by atoms with van der Waals surface area (Å²) in [7, 11) is 1.74. The summed E-state index contributed by atoms with van der Waals surface area (Å²) in [5, 5.41) is 3.31. The topological polar surface area (TPSA) is 51.9 Å². The van der Waals surface area contributed by atoms with E-state index in [1.54, 1.807) is 34.8 Å². The number of pyridine rings is 1. The molecule has 0 saturated heterocycles. The highest BCUT2D eigenvalue weighted by molar-refractivity contribution is 5.43. The third kappa shape index (κ3) is 2.80. The lowest BCUT2D eigenvalue weighted by Gasteiger charge is -2.06. The fourth-order valence-electron chi connectivity index (χ4n) is 1.75. The summed E-state index contributed by atoms with van der Waals surface area (Å²) in [6.45, 7) is 3.56. The Morgan fingerprint density at radius 3 is 2.89 bits per heavy atom. The molecule has 2 aromatic rings. The lowest BCUT2D eigenvalue weighted by molar-refractivity contribution is 0.705. The van der Waals surface area contributed by atoms with Crippen molar-refractivity contribution in [3.8, 4) is 0 Å². The molecule has 0 unspecified atom stereocenters. The van der Waals surface area contributed by atoms with Crippen LogP contribution >= 0.6 is 0 Å². The second-order valence-electron chi connectivity index (χ2n) is 4.28. The predicted octanol–water partition coefficient (Wildman–Crippen LogP) is 1.45. The van der Waals surface area contributed by atoms with Crippen LogP contribution in [-0.4, -0.2) is 20.7 Å². The summed E-state index contributed by atoms with van der Waals surface area (Å²) >= 11 is 0. The van der Waals surface area contributed by atoms with Gasteiger partial charge in [0.05, 0.1) is 12.2 Å². The van der Waals surface area contributed by atoms with E-state index >= 15 is 0 Å². The van der Waals surface area contributed by atoms with Crippen molar-refractivity contribution in [2.45, 2.75) is 19.9 Å². The van der Waals surface area contributed by atoms with Crippen molar-refractivity contribution < 1.29 is 0 Å². The minimum absolute atomic E-state index is 0.0243. The molecule has 0 atom stereocenters. The van der Waals surface area contributed by atoms with Crippen molar-refractivity contribution in [1.29, 1.82) is 0 Å². The number of nitrogens with zero attached hydrogens (tertiary/aromatic N) is 3. The third-order valence-electron chi connectivity index (χ3n) is 2.75. The number of anilines is 1. The van der Waals surface area contributed by atoms with E-state index in [4.69, 9.17) is 0 Å². The molecule has 0 aliphatic heterocycles. The minimum Gasteiger partial charge on any atom is -0.385 e. The van der Waals surface area contributed by atoms with Crippen LogP contribution in [0.5, 0.6) is 0 Å². The third-order valence-corrected chi connectivity index (χ3v) is 2.75. The Bertz CT molecular complexity index is 570. The smallest absolute Gasteiger partial charge is 0.328 e. The van der Waals surface area contributed by atoms with Gasteiger partial charge in [-0.25, -0.2) is 4.79 Å². The lowest BCUT2D eigenvalue weighted by Crippen LogP contribution is -2.22. The largest absolute Gasteiger partial charge is 0.385 e. The van der Waals surface area contributed by atoms with E-state index < -0.39 is 0 Å². The van der Waals surface area contributed by atoms with Gasteiger partial charge in [-0.1, -0.05) is 6.92 Å². The highest BCUT2D eigenvalue weighted by atomic mass is 16.1. The monoisotopic (exact) mass is 246 g/mol. The Morgan fingerprint density at radius 2 is 2.22 bits per heavy atom. The Labute approximate surface area is 106 Å². The normalized spacial score (nSPS) is 10.6. The van der Waals surface area contributed by atoms with Crippen LogP contribution in [0.2, 0.25) is 0 Å². The molecule has 0 radical (unpaired) electrons. The van der Waals surface area contributed by atoms with Crippen LogP contribution in [0.15, 0.2) is 35.5 Å². The van der Waals surface area contributed by atoms with Gasteiger partial charge in [0.2, 0.25) is 0 Å². The molecule has 0 bridgehead atoms. The number of hydrogen-bond donors (Lipinski definition) is 1. The summed E-state index contributed by atoms with van der Waals surface area (Å²) in [4.78, 5) is 16.0. The SMILES string of the molecule is CCCNc1ccnc(Cn2ccn(C)c2=O)c1. The van der Waals surface area contributed by atoms with Crippen molar-refractivity contribution in [3.63, 3.8) is 0 Å². The molecular weight excluding hydrogens is 228 g/mol. The molecule has 2 rings (SSSR count). The first-order valence-electron chi connectivity index (χ1n) is 6.11. The van der Waals surface area contributed by atoms with Gasteiger partial charge in [-0.2, -0.15) is 0 Å². The zero-order valence-electron chi connectivity index (χ0n) is 10.8. The Hall–Kier alpha value is -2.04. The lowest BCUT2D eigenvalue weighted by atomic mass is 10.3. The van der Waals surface area contributed by atoms with Crippen molar-refractivity contribution >= 4 is 5.69 Å². The molecular formula is C13H18N4O. The number of hydrogen-bond acceptors (Lipinski definition) is 3. The predicted molar refractivity (Wildman–Crippen MR) is 71.8 cm³/mol. The molecule has 1 N–H and O–H groups in total. The van der Waals surface area contributed by atoms with Crippen LogP contribution in [0.4, 0.5) is 5.69 Å². The molecule has 5 heteroatoms. The van der Waals surface area contributed by atoms with Crippen LogP contribution in [0.1, 0.15) is 19.0 Å². The van der Waals surface area contributed by atoms with Gasteiger partial charge in [0.1, 0.15) is 0 Å². The minimum atomic E-state index is -0.0243. The van der Waals surface area contributed by atoms with Gasteiger partial charge in [0.25, 0.3) is 0 Å². The average Bonchev–Trinajstić information content (AvgIpc) is 2.69. The maximum absolute atomic E-state index is 11.7. The van der Waals surface area contributed by atoms with Crippen molar-refractivity contribution in [1.82, 2.24) is 14.1 Å². The fraction of sp³-hybridized carbons (Fsp3) is 0.385. The molecule has 18 heavy (non-hydrogen) atoms. The number of aryl methyl sites for hydroxylation is 1. The standard InChI is InChI=1S/C13H18N4O/c1-3-5-14-11-4-6-15-12(9-11)10-17-8-7-16(2)13(17)18/h4,6-9H,3,5,10H2,1-2H3,(H,14,15). The zero-order chi connectivity index (χ0) is 13.0. The maximum atomic E-state index is 11.7. The van der Waals surface area contributed by atoms with Crippen molar-refractivity contribution in [2.24, 2.45) is 7.05 Å². The number of imidazole rings is 1. The van der Waals surface area contributed by atoms with E-state index in [9.17, 15) is 4.79 Å². The fourth-order valence-corrected chi connectivity index (χ4v) is 1.75. The molecule has 0 spiro atoms. The van der Waals surface area contributed by atoms with E-state index in [0.29, 0.717) is 6.54 Å². The van der Waals surface area contributed by atoms with Crippen LogP contribution in [0.25, 0.3) is 0 Å². The van der Waals surface area contributed by atoms with Gasteiger partial charge in [-0.05, 0) is 18.6 Å². The van der Waals surface area contributed by atoms with Gasteiger partial charge in [-0.15, -0.1) is 0 Å². The molecule has 0 fully saturated rings. The molecule has 0 aliphatic carbocycles. The molecule has 0 saturated carbocycles. The highest BCUT2D eigenvalue weighted by Crippen LogP contribution is 2.08. The van der Waals surface area contributed by atoms with Gasteiger partial charge >= 0.3 is 5.69 Å². The summed E-state index contributed by atoms with van der Waals surface area (Å²) in [6.07, 6.45) is 6.37. The van der Waals surface area contributed by atoms with Crippen LogP contribution < -0.4 is 11.0 Å². The summed E-state index contributed by atoms with van der Waals surface area (Å²) in [5.74, 6) is 0. The second kappa shape index (κ2) is 5.53. The van der Waals surface area contributed by atoms with Gasteiger partial charge in [0, 0.05) is 37.9 Å². The zero-order valence-corrected chi connectivity index (χ0v) is 10.8. The Kier molecular flexibility index (Phi) is 3.82. The molecule has 96 valence electrons. The average molecular weight is 246 g/mol. The van der Waals surface area contributed by atoms with Gasteiger partial charge in [0.15, 0.2) is 0 Å². The number of aromatic nitrogens is 3. The van der Waals surface area contributed by atoms with Crippen LogP contribution in [0, 0.1) is 0 Å². The molecule has 0 amide bonds. The van der Waals surface area contributed by atoms with Crippen molar-refractivity contribution in [3.05, 3.63) is 46.9 Å². The Morgan fingerprint density at radius 1 is 1.39 bits per heavy atom. The highest BCUT2D eigenvalue weighted by Gasteiger charge is 2.02. The van der Waals surface area contributed by atoms with Crippen molar-refractivity contribution in [2.75, 3.05) is 11.9 Å². The van der Waals surface area contributed by atoms with E-state index in [1.165, 1.54) is 0 Å². The maximum Gasteiger partial charge on any atom is 0.328 e. The molecule has 2 aromatic heterocycles. The van der Waals surface area contributed by atoms with E-state index in [2.05, 4.69) is 17.2 Å². The number of rotatable bonds is 5. The molecule has 5 nitrogen and oxygen atoms in total. The van der Waals surface area contributed by atoms with Gasteiger partial charge in [-0.3, -0.25) is 9.55 Å².